The van der Waals surface area contributed by atoms with E-state index >= 15 is 0 Å². The molecule has 2 fully saturated rings. The Kier molecular flexibility index (Phi) is 35.6. The maximum Gasteiger partial charge on any atom is 0.306 e. The molecule has 0 radical (unpaired) electrons. The van der Waals surface area contributed by atoms with Gasteiger partial charge >= 0.3 is 11.9 Å². The van der Waals surface area contributed by atoms with Crippen LogP contribution in [0.4, 0.5) is 0 Å². The lowest BCUT2D eigenvalue weighted by molar-refractivity contribution is -0.332. The number of unbranched alkanes of at least 4 members (excludes halogenated alkanes) is 15. The van der Waals surface area contributed by atoms with Gasteiger partial charge in [0.25, 0.3) is 0 Å². The Balaban J connectivity index is 1.83. The summed E-state index contributed by atoms with van der Waals surface area (Å²) in [6.07, 6.45) is 29.2. The van der Waals surface area contributed by atoms with E-state index in [1.54, 1.807) is 0 Å². The zero-order chi connectivity index (χ0) is 49.6. The number of rotatable bonds is 38. The van der Waals surface area contributed by atoms with E-state index in [1.807, 2.05) is 36.5 Å². The first-order chi connectivity index (χ1) is 33.0. The number of ether oxygens (including phenoxy) is 6. The second-order valence-electron chi connectivity index (χ2n) is 17.7. The lowest BCUT2D eigenvalue weighted by atomic mass is 9.98. The fraction of sp³-hybridized carbons (Fsp3) is 0.736. The van der Waals surface area contributed by atoms with Gasteiger partial charge in [-0.15, -0.1) is 0 Å². The van der Waals surface area contributed by atoms with E-state index < -0.39 is 99.3 Å². The molecule has 0 spiro atoms. The maximum atomic E-state index is 13.0. The van der Waals surface area contributed by atoms with Crippen LogP contribution in [0.3, 0.4) is 0 Å². The number of aliphatic hydroxyl groups excluding tert-OH is 7. The van der Waals surface area contributed by atoms with E-state index in [1.165, 1.54) is 19.3 Å². The van der Waals surface area contributed by atoms with Crippen molar-refractivity contribution in [2.24, 2.45) is 0 Å². The highest BCUT2D eigenvalue weighted by molar-refractivity contribution is 5.70. The van der Waals surface area contributed by atoms with Crippen LogP contribution in [0.25, 0.3) is 0 Å². The normalized spacial score (nSPS) is 26.4. The Labute approximate surface area is 406 Å². The van der Waals surface area contributed by atoms with Crippen molar-refractivity contribution in [3.8, 4) is 0 Å². The molecule has 4 unspecified atom stereocenters. The summed E-state index contributed by atoms with van der Waals surface area (Å²) >= 11 is 0. The Bertz CT molecular complexity index is 1460. The highest BCUT2D eigenvalue weighted by Gasteiger charge is 2.47. The average molecular weight is 965 g/mol. The maximum absolute atomic E-state index is 13.0. The summed E-state index contributed by atoms with van der Waals surface area (Å²) in [5.41, 5.74) is 0. The second-order valence-corrected chi connectivity index (χ2v) is 17.7. The van der Waals surface area contributed by atoms with Gasteiger partial charge in [-0.25, -0.2) is 0 Å². The monoisotopic (exact) mass is 965 g/mol. The van der Waals surface area contributed by atoms with Crippen LogP contribution in [0.15, 0.2) is 72.9 Å². The van der Waals surface area contributed by atoms with Gasteiger partial charge in [-0.1, -0.05) is 151 Å². The number of carbonyl (C=O) groups excluding carboxylic acids is 2. The van der Waals surface area contributed by atoms with Gasteiger partial charge in [-0.05, 0) is 64.2 Å². The molecule has 2 saturated heterocycles. The standard InChI is InChI=1S/C53H88O15/c1-3-5-7-9-11-13-15-17-19-20-22-24-26-28-30-32-34-36-45(56)66-41(38-63-44(55)35-33-31-29-27-25-23-21-18-16-14-12-10-8-6-4-2)39-64-52-51(62)49(60)47(58)43(68-52)40-65-53-50(61)48(59)46(57)42(37-54)67-53/h6,8,10-14,16-19,21,41-43,46-54,57-62H,3-5,7,9,15,20,22-40H2,1-2H3/b8-6+,12-10+,13-11+,16-14+,19-17+,21-18+/t41-,42+,43+,46-,47-,48?,49?,50?,51?,52+,53+/m1/s1. The minimum absolute atomic E-state index is 0.147. The number of aliphatic hydroxyl groups is 7. The fourth-order valence-corrected chi connectivity index (χ4v) is 7.55. The van der Waals surface area contributed by atoms with Crippen molar-refractivity contribution in [2.75, 3.05) is 26.4 Å². The minimum atomic E-state index is -1.77. The van der Waals surface area contributed by atoms with Crippen molar-refractivity contribution in [1.29, 1.82) is 0 Å². The topological polar surface area (TPSA) is 231 Å². The SMILES string of the molecule is CC/C=C/C=C/C=C/C=C/CCCCCCCC(=O)OC[C@H](CO[C@H]1O[C@@H](CO[C@H]2O[C@@H](CO)[C@@H](O)C(O)C2O)[C@@H](O)C(O)C1O)OC(=O)CCCCCCCCC/C=C/C/C=C/CCCCC. The zero-order valence-corrected chi connectivity index (χ0v) is 41.1. The second kappa shape index (κ2) is 39.6. The summed E-state index contributed by atoms with van der Waals surface area (Å²) in [6.45, 7) is 2.38. The van der Waals surface area contributed by atoms with Crippen molar-refractivity contribution in [1.82, 2.24) is 0 Å². The first-order valence-corrected chi connectivity index (χ1v) is 25.6. The molecule has 2 aliphatic rings. The summed E-state index contributed by atoms with van der Waals surface area (Å²) in [6, 6.07) is 0. The lowest BCUT2D eigenvalue weighted by Crippen LogP contribution is -2.61. The molecular weight excluding hydrogens is 877 g/mol. The molecule has 68 heavy (non-hydrogen) atoms. The van der Waals surface area contributed by atoms with Crippen LogP contribution in [0, 0.1) is 0 Å². The van der Waals surface area contributed by atoms with Gasteiger partial charge in [0.1, 0.15) is 55.4 Å². The third kappa shape index (κ3) is 27.4. The number of esters is 2. The molecule has 390 valence electrons. The first-order valence-electron chi connectivity index (χ1n) is 25.6. The molecule has 0 aromatic carbocycles. The Morgan fingerprint density at radius 3 is 1.57 bits per heavy atom. The highest BCUT2D eigenvalue weighted by atomic mass is 16.7. The van der Waals surface area contributed by atoms with Crippen molar-refractivity contribution < 1.29 is 73.8 Å². The van der Waals surface area contributed by atoms with Crippen LogP contribution in [-0.2, 0) is 38.0 Å². The van der Waals surface area contributed by atoms with Gasteiger partial charge in [-0.3, -0.25) is 9.59 Å². The average Bonchev–Trinajstić information content (AvgIpc) is 3.33. The number of allylic oxidation sites excluding steroid dienone is 12. The molecule has 0 aromatic heterocycles. The summed E-state index contributed by atoms with van der Waals surface area (Å²) in [5.74, 6) is -0.967. The fourth-order valence-electron chi connectivity index (χ4n) is 7.55. The zero-order valence-electron chi connectivity index (χ0n) is 41.1. The smallest absolute Gasteiger partial charge is 0.306 e. The third-order valence-corrected chi connectivity index (χ3v) is 11.8. The molecule has 0 saturated carbocycles. The van der Waals surface area contributed by atoms with Crippen LogP contribution in [0.2, 0.25) is 0 Å². The van der Waals surface area contributed by atoms with Crippen molar-refractivity contribution in [3.05, 3.63) is 72.9 Å². The summed E-state index contributed by atoms with van der Waals surface area (Å²) in [4.78, 5) is 25.8. The predicted molar refractivity (Wildman–Crippen MR) is 261 cm³/mol. The lowest BCUT2D eigenvalue weighted by Gasteiger charge is -2.42. The molecule has 2 heterocycles. The van der Waals surface area contributed by atoms with Crippen LogP contribution in [-0.4, -0.2) is 142 Å². The van der Waals surface area contributed by atoms with Crippen molar-refractivity contribution in [3.63, 3.8) is 0 Å². The van der Waals surface area contributed by atoms with Crippen molar-refractivity contribution >= 4 is 11.9 Å². The first kappa shape index (κ1) is 61.1. The minimum Gasteiger partial charge on any atom is -0.462 e. The quantitative estimate of drug-likeness (QED) is 0.0142. The van der Waals surface area contributed by atoms with Crippen LogP contribution in [0.5, 0.6) is 0 Å². The van der Waals surface area contributed by atoms with Crippen LogP contribution < -0.4 is 0 Å². The van der Waals surface area contributed by atoms with E-state index in [-0.39, 0.29) is 19.4 Å². The van der Waals surface area contributed by atoms with Crippen molar-refractivity contribution in [2.45, 2.75) is 223 Å². The van der Waals surface area contributed by atoms with Gasteiger partial charge in [0.2, 0.25) is 0 Å². The van der Waals surface area contributed by atoms with E-state index in [0.29, 0.717) is 12.8 Å². The molecule has 0 aliphatic carbocycles. The van der Waals surface area contributed by atoms with E-state index in [9.17, 15) is 45.3 Å². The Hall–Kier alpha value is -3.06. The van der Waals surface area contributed by atoms with Crippen LogP contribution in [0.1, 0.15) is 155 Å². The molecule has 0 amide bonds. The number of carbonyl (C=O) groups is 2. The molecule has 0 bridgehead atoms. The van der Waals surface area contributed by atoms with Gasteiger partial charge in [-0.2, -0.15) is 0 Å². The number of hydrogen-bond donors (Lipinski definition) is 7. The summed E-state index contributed by atoms with van der Waals surface area (Å²) < 4.78 is 33.5. The summed E-state index contributed by atoms with van der Waals surface area (Å²) in [5, 5.41) is 72.1. The Morgan fingerprint density at radius 2 is 0.985 bits per heavy atom. The van der Waals surface area contributed by atoms with Gasteiger partial charge in [0.15, 0.2) is 18.7 Å². The molecule has 11 atom stereocenters. The molecule has 0 aromatic rings. The third-order valence-electron chi connectivity index (χ3n) is 11.8. The molecule has 2 rings (SSSR count). The molecule has 15 nitrogen and oxygen atoms in total. The molecule has 7 N–H and O–H groups in total. The Morgan fingerprint density at radius 1 is 0.500 bits per heavy atom. The largest absolute Gasteiger partial charge is 0.462 e. The van der Waals surface area contributed by atoms with Crippen LogP contribution >= 0.6 is 0 Å². The van der Waals surface area contributed by atoms with Gasteiger partial charge < -0.3 is 64.2 Å². The molecular formula is C53H88O15. The molecule has 15 heteroatoms. The number of hydrogen-bond acceptors (Lipinski definition) is 15. The molecule has 2 aliphatic heterocycles. The van der Waals surface area contributed by atoms with Gasteiger partial charge in [0.05, 0.1) is 19.8 Å². The summed E-state index contributed by atoms with van der Waals surface area (Å²) in [7, 11) is 0. The predicted octanol–water partition coefficient (Wildman–Crippen LogP) is 7.04. The highest BCUT2D eigenvalue weighted by Crippen LogP contribution is 2.26. The van der Waals surface area contributed by atoms with E-state index in [0.717, 1.165) is 96.3 Å². The van der Waals surface area contributed by atoms with E-state index in [4.69, 9.17) is 28.4 Å². The van der Waals surface area contributed by atoms with E-state index in [2.05, 4.69) is 50.3 Å². The van der Waals surface area contributed by atoms with Gasteiger partial charge in [0, 0.05) is 12.8 Å².